The first-order valence-corrected chi connectivity index (χ1v) is 8.46. The summed E-state index contributed by atoms with van der Waals surface area (Å²) in [5.41, 5.74) is -0.935. The van der Waals surface area contributed by atoms with E-state index in [1.54, 1.807) is 6.92 Å². The molecule has 2 aromatic rings. The average molecular weight is 382 g/mol. The second-order valence-corrected chi connectivity index (χ2v) is 6.38. The number of carbonyl (C=O) groups is 2. The Morgan fingerprint density at radius 2 is 1.93 bits per heavy atom. The number of benzene rings is 1. The zero-order valence-corrected chi connectivity index (χ0v) is 15.2. The Morgan fingerprint density at radius 1 is 1.22 bits per heavy atom. The Kier molecular flexibility index (Phi) is 6.24. The number of alkyl halides is 3. The van der Waals surface area contributed by atoms with E-state index >= 15 is 0 Å². The van der Waals surface area contributed by atoms with Crippen molar-refractivity contribution in [3.8, 4) is 0 Å². The zero-order valence-electron chi connectivity index (χ0n) is 15.2. The Bertz CT molecular complexity index is 828. The van der Waals surface area contributed by atoms with E-state index in [0.717, 1.165) is 18.2 Å². The first kappa shape index (κ1) is 20.5. The quantitative estimate of drug-likeness (QED) is 0.802. The summed E-state index contributed by atoms with van der Waals surface area (Å²) < 4.78 is 40.0. The largest absolute Gasteiger partial charge is 0.416 e. The third kappa shape index (κ3) is 5.32. The zero-order chi connectivity index (χ0) is 20.2. The van der Waals surface area contributed by atoms with Gasteiger partial charge in [0, 0.05) is 24.8 Å². The minimum atomic E-state index is -4.55. The Balaban J connectivity index is 2.25. The van der Waals surface area contributed by atoms with Crippen molar-refractivity contribution in [1.29, 1.82) is 0 Å². The summed E-state index contributed by atoms with van der Waals surface area (Å²) in [6.45, 7) is 6.56. The van der Waals surface area contributed by atoms with Crippen LogP contribution in [0.5, 0.6) is 0 Å². The second kappa shape index (κ2) is 8.24. The van der Waals surface area contributed by atoms with E-state index in [1.807, 2.05) is 13.8 Å². The average Bonchev–Trinajstić information content (AvgIpc) is 3.02. The molecule has 1 aromatic carbocycles. The molecule has 0 aliphatic rings. The number of aryl methyl sites for hydroxylation is 1. The molecule has 6 nitrogen and oxygen atoms in total. The summed E-state index contributed by atoms with van der Waals surface area (Å²) in [4.78, 5) is 24.7. The molecule has 0 aliphatic carbocycles. The molecule has 0 atom stereocenters. The van der Waals surface area contributed by atoms with Gasteiger partial charge in [-0.25, -0.2) is 0 Å². The maximum Gasteiger partial charge on any atom is 0.416 e. The normalized spacial score (nSPS) is 11.5. The van der Waals surface area contributed by atoms with E-state index in [1.165, 1.54) is 16.9 Å². The summed E-state index contributed by atoms with van der Waals surface area (Å²) >= 11 is 0. The van der Waals surface area contributed by atoms with Gasteiger partial charge in [0.1, 0.15) is 0 Å². The minimum absolute atomic E-state index is 0.0119. The first-order chi connectivity index (χ1) is 12.6. The van der Waals surface area contributed by atoms with Crippen molar-refractivity contribution in [1.82, 2.24) is 15.1 Å². The van der Waals surface area contributed by atoms with Gasteiger partial charge in [-0.1, -0.05) is 19.9 Å². The predicted molar refractivity (Wildman–Crippen MR) is 94.5 cm³/mol. The van der Waals surface area contributed by atoms with Crippen LogP contribution in [0.4, 0.5) is 18.9 Å². The highest BCUT2D eigenvalue weighted by Gasteiger charge is 2.31. The smallest absolute Gasteiger partial charge is 0.350 e. The Labute approximate surface area is 154 Å². The van der Waals surface area contributed by atoms with Crippen molar-refractivity contribution in [2.24, 2.45) is 5.92 Å². The van der Waals surface area contributed by atoms with E-state index < -0.39 is 23.6 Å². The summed E-state index contributed by atoms with van der Waals surface area (Å²) in [5.74, 6) is -0.990. The van der Waals surface area contributed by atoms with Gasteiger partial charge in [-0.3, -0.25) is 14.3 Å². The summed E-state index contributed by atoms with van der Waals surface area (Å²) in [7, 11) is 0. The molecule has 1 aromatic heterocycles. The third-order valence-electron chi connectivity index (χ3n) is 3.67. The van der Waals surface area contributed by atoms with E-state index in [9.17, 15) is 22.8 Å². The number of carbonyl (C=O) groups excluding carboxylic acids is 2. The van der Waals surface area contributed by atoms with Gasteiger partial charge in [0.2, 0.25) is 0 Å². The van der Waals surface area contributed by atoms with Crippen LogP contribution in [0.15, 0.2) is 30.5 Å². The molecule has 0 unspecified atom stereocenters. The number of hydrogen-bond acceptors (Lipinski definition) is 3. The van der Waals surface area contributed by atoms with Crippen molar-refractivity contribution < 1.29 is 22.8 Å². The number of halogens is 3. The molecule has 0 saturated carbocycles. The lowest BCUT2D eigenvalue weighted by molar-refractivity contribution is -0.137. The van der Waals surface area contributed by atoms with E-state index in [0.29, 0.717) is 13.1 Å². The van der Waals surface area contributed by atoms with E-state index in [4.69, 9.17) is 0 Å². The molecule has 2 rings (SSSR count). The van der Waals surface area contributed by atoms with Crippen LogP contribution in [0.2, 0.25) is 0 Å². The van der Waals surface area contributed by atoms with Gasteiger partial charge >= 0.3 is 6.18 Å². The SMILES string of the molecule is CCn1cc(NC(=O)c2cccc(C(F)(F)F)c2)c(C(=O)NCC(C)C)n1. The standard InChI is InChI=1S/C18H21F3N4O2/c1-4-25-10-14(15(24-25)17(27)22-9-11(2)3)23-16(26)12-6-5-7-13(8-12)18(19,20)21/h5-8,10-11H,4,9H2,1-3H3,(H,22,27)(H,23,26). The fraction of sp³-hybridized carbons (Fsp3) is 0.389. The van der Waals surface area contributed by atoms with Crippen molar-refractivity contribution >= 4 is 17.5 Å². The van der Waals surface area contributed by atoms with Gasteiger partial charge in [-0.05, 0) is 31.0 Å². The molecule has 0 aliphatic heterocycles. The van der Waals surface area contributed by atoms with Crippen LogP contribution in [-0.2, 0) is 12.7 Å². The highest BCUT2D eigenvalue weighted by Crippen LogP contribution is 2.29. The number of anilines is 1. The van der Waals surface area contributed by atoms with Gasteiger partial charge in [0.05, 0.1) is 11.3 Å². The van der Waals surface area contributed by atoms with Crippen LogP contribution < -0.4 is 10.6 Å². The van der Waals surface area contributed by atoms with Crippen molar-refractivity contribution in [3.05, 3.63) is 47.3 Å². The summed E-state index contributed by atoms with van der Waals surface area (Å²) in [5, 5.41) is 9.30. The first-order valence-electron chi connectivity index (χ1n) is 8.46. The Hall–Kier alpha value is -2.84. The maximum absolute atomic E-state index is 12.8. The molecule has 0 radical (unpaired) electrons. The molecule has 0 bridgehead atoms. The lowest BCUT2D eigenvalue weighted by Crippen LogP contribution is -2.28. The van der Waals surface area contributed by atoms with Crippen LogP contribution in [0.1, 0.15) is 47.2 Å². The molecule has 27 heavy (non-hydrogen) atoms. The minimum Gasteiger partial charge on any atom is -0.350 e. The van der Waals surface area contributed by atoms with Gasteiger partial charge in [-0.15, -0.1) is 0 Å². The molecule has 0 fully saturated rings. The molecule has 9 heteroatoms. The van der Waals surface area contributed by atoms with Crippen LogP contribution in [0.25, 0.3) is 0 Å². The molecular weight excluding hydrogens is 361 g/mol. The van der Waals surface area contributed by atoms with Gasteiger partial charge in [0.15, 0.2) is 5.69 Å². The highest BCUT2D eigenvalue weighted by molar-refractivity contribution is 6.08. The van der Waals surface area contributed by atoms with Crippen LogP contribution in [-0.4, -0.2) is 28.1 Å². The van der Waals surface area contributed by atoms with Crippen molar-refractivity contribution in [3.63, 3.8) is 0 Å². The summed E-state index contributed by atoms with van der Waals surface area (Å²) in [6.07, 6.45) is -3.08. The van der Waals surface area contributed by atoms with Crippen LogP contribution >= 0.6 is 0 Å². The van der Waals surface area contributed by atoms with Gasteiger partial charge in [-0.2, -0.15) is 18.3 Å². The fourth-order valence-electron chi connectivity index (χ4n) is 2.25. The number of nitrogens with zero attached hydrogens (tertiary/aromatic N) is 2. The molecular formula is C18H21F3N4O2. The molecule has 146 valence electrons. The molecule has 2 N–H and O–H groups in total. The van der Waals surface area contributed by atoms with Crippen LogP contribution in [0, 0.1) is 5.92 Å². The van der Waals surface area contributed by atoms with Crippen molar-refractivity contribution in [2.75, 3.05) is 11.9 Å². The summed E-state index contributed by atoms with van der Waals surface area (Å²) in [6, 6.07) is 4.07. The molecule has 0 spiro atoms. The van der Waals surface area contributed by atoms with E-state index in [2.05, 4.69) is 15.7 Å². The van der Waals surface area contributed by atoms with Crippen molar-refractivity contribution in [2.45, 2.75) is 33.5 Å². The van der Waals surface area contributed by atoms with Gasteiger partial charge < -0.3 is 10.6 Å². The monoisotopic (exact) mass is 382 g/mol. The molecule has 2 amide bonds. The third-order valence-corrected chi connectivity index (χ3v) is 3.67. The molecule has 0 saturated heterocycles. The fourth-order valence-corrected chi connectivity index (χ4v) is 2.25. The van der Waals surface area contributed by atoms with Gasteiger partial charge in [0.25, 0.3) is 11.8 Å². The number of aromatic nitrogens is 2. The van der Waals surface area contributed by atoms with Crippen LogP contribution in [0.3, 0.4) is 0 Å². The van der Waals surface area contributed by atoms with E-state index in [-0.39, 0.29) is 22.9 Å². The number of rotatable bonds is 6. The number of nitrogens with one attached hydrogen (secondary N) is 2. The second-order valence-electron chi connectivity index (χ2n) is 6.38. The molecule has 1 heterocycles. The number of amides is 2. The predicted octanol–water partition coefficient (Wildman–Crippen LogP) is 3.56. The lowest BCUT2D eigenvalue weighted by atomic mass is 10.1. The maximum atomic E-state index is 12.8. The number of hydrogen-bond donors (Lipinski definition) is 2. The topological polar surface area (TPSA) is 76.0 Å². The Morgan fingerprint density at radius 3 is 2.52 bits per heavy atom. The lowest BCUT2D eigenvalue weighted by Gasteiger charge is -2.10. The highest BCUT2D eigenvalue weighted by atomic mass is 19.4.